The molecule has 4 atom stereocenters. The molecule has 88 valence electrons. The highest BCUT2D eigenvalue weighted by Crippen LogP contribution is 2.40. The van der Waals surface area contributed by atoms with Crippen LogP contribution in [0.25, 0.3) is 0 Å². The van der Waals surface area contributed by atoms with E-state index < -0.39 is 0 Å². The van der Waals surface area contributed by atoms with Crippen molar-refractivity contribution in [1.29, 1.82) is 0 Å². The first-order valence-electron chi connectivity index (χ1n) is 6.66. The molecular formula is C13H25NO. The van der Waals surface area contributed by atoms with Crippen molar-refractivity contribution in [3.8, 4) is 0 Å². The number of nitrogens with one attached hydrogen (secondary N) is 1. The average molecular weight is 211 g/mol. The summed E-state index contributed by atoms with van der Waals surface area (Å²) in [6.45, 7) is 2.34. The van der Waals surface area contributed by atoms with Crippen molar-refractivity contribution < 1.29 is 5.11 Å². The van der Waals surface area contributed by atoms with E-state index in [1.165, 1.54) is 44.9 Å². The van der Waals surface area contributed by atoms with Crippen LogP contribution in [0.3, 0.4) is 0 Å². The minimum Gasteiger partial charge on any atom is -0.395 e. The smallest absolute Gasteiger partial charge is 0.0582 e. The average Bonchev–Trinajstić information content (AvgIpc) is 2.29. The number of hydrogen-bond donors (Lipinski definition) is 2. The highest BCUT2D eigenvalue weighted by molar-refractivity contribution is 4.86. The van der Waals surface area contributed by atoms with Crippen LogP contribution in [-0.2, 0) is 0 Å². The molecule has 2 nitrogen and oxygen atoms in total. The van der Waals surface area contributed by atoms with E-state index >= 15 is 0 Å². The molecule has 2 fully saturated rings. The highest BCUT2D eigenvalue weighted by Gasteiger charge is 2.32. The number of rotatable bonds is 3. The van der Waals surface area contributed by atoms with Gasteiger partial charge in [0.2, 0.25) is 0 Å². The van der Waals surface area contributed by atoms with Gasteiger partial charge in [-0.3, -0.25) is 0 Å². The Labute approximate surface area is 93.5 Å². The van der Waals surface area contributed by atoms with Gasteiger partial charge in [0.1, 0.15) is 0 Å². The van der Waals surface area contributed by atoms with Gasteiger partial charge in [-0.25, -0.2) is 0 Å². The van der Waals surface area contributed by atoms with Gasteiger partial charge in [-0.15, -0.1) is 0 Å². The van der Waals surface area contributed by atoms with Gasteiger partial charge in [-0.05, 0) is 38.0 Å². The second-order valence-corrected chi connectivity index (χ2v) is 5.56. The maximum absolute atomic E-state index is 9.04. The summed E-state index contributed by atoms with van der Waals surface area (Å²) in [5.41, 5.74) is 0. The van der Waals surface area contributed by atoms with Gasteiger partial charge in [-0.2, -0.15) is 0 Å². The molecule has 2 heteroatoms. The molecule has 4 unspecified atom stereocenters. The molecule has 2 N–H and O–H groups in total. The summed E-state index contributed by atoms with van der Waals surface area (Å²) in [7, 11) is 0. The molecule has 0 amide bonds. The molecule has 0 aliphatic heterocycles. The van der Waals surface area contributed by atoms with Crippen LogP contribution in [0.15, 0.2) is 0 Å². The Balaban J connectivity index is 1.80. The quantitative estimate of drug-likeness (QED) is 0.751. The van der Waals surface area contributed by atoms with Gasteiger partial charge in [-0.1, -0.05) is 25.7 Å². The first-order chi connectivity index (χ1) is 7.29. The summed E-state index contributed by atoms with van der Waals surface area (Å²) >= 11 is 0. The first-order valence-corrected chi connectivity index (χ1v) is 6.66. The van der Waals surface area contributed by atoms with Crippen LogP contribution in [-0.4, -0.2) is 23.8 Å². The molecule has 15 heavy (non-hydrogen) atoms. The Morgan fingerprint density at radius 3 is 2.60 bits per heavy atom. The lowest BCUT2D eigenvalue weighted by atomic mass is 9.69. The first kappa shape index (κ1) is 11.4. The van der Waals surface area contributed by atoms with E-state index in [9.17, 15) is 0 Å². The second kappa shape index (κ2) is 5.31. The number of hydrogen-bond acceptors (Lipinski definition) is 2. The van der Waals surface area contributed by atoms with Gasteiger partial charge in [0.05, 0.1) is 6.61 Å². The largest absolute Gasteiger partial charge is 0.395 e. The highest BCUT2D eigenvalue weighted by atomic mass is 16.3. The lowest BCUT2D eigenvalue weighted by Crippen LogP contribution is -2.43. The van der Waals surface area contributed by atoms with E-state index in [4.69, 9.17) is 5.11 Å². The summed E-state index contributed by atoms with van der Waals surface area (Å²) in [4.78, 5) is 0. The van der Waals surface area contributed by atoms with Gasteiger partial charge < -0.3 is 10.4 Å². The van der Waals surface area contributed by atoms with Crippen LogP contribution in [0, 0.1) is 11.8 Å². The van der Waals surface area contributed by atoms with Crippen molar-refractivity contribution in [3.05, 3.63) is 0 Å². The van der Waals surface area contributed by atoms with Crippen LogP contribution in [0.2, 0.25) is 0 Å². The van der Waals surface area contributed by atoms with E-state index in [-0.39, 0.29) is 12.6 Å². The van der Waals surface area contributed by atoms with Crippen molar-refractivity contribution in [2.24, 2.45) is 11.8 Å². The Bertz CT molecular complexity index is 195. The van der Waals surface area contributed by atoms with E-state index in [0.29, 0.717) is 6.04 Å². The molecule has 0 saturated heterocycles. The summed E-state index contributed by atoms with van der Waals surface area (Å²) in [5.74, 6) is 2.01. The fraction of sp³-hybridized carbons (Fsp3) is 1.00. The number of aliphatic hydroxyl groups is 1. The van der Waals surface area contributed by atoms with Crippen molar-refractivity contribution in [2.75, 3.05) is 6.61 Å². The normalized spacial score (nSPS) is 38.4. The summed E-state index contributed by atoms with van der Waals surface area (Å²) in [6, 6.07) is 0.946. The predicted octanol–water partition coefficient (Wildman–Crippen LogP) is 2.32. The lowest BCUT2D eigenvalue weighted by molar-refractivity contribution is 0.131. The second-order valence-electron chi connectivity index (χ2n) is 5.56. The molecule has 2 aliphatic carbocycles. The SMILES string of the molecule is CC(CO)NC1CCC2CCCCC2C1. The Morgan fingerprint density at radius 1 is 1.13 bits per heavy atom. The molecule has 2 rings (SSSR count). The standard InChI is InChI=1S/C13H25NO/c1-10(9-15)14-13-7-6-11-4-2-3-5-12(11)8-13/h10-15H,2-9H2,1H3. The molecule has 0 spiro atoms. The van der Waals surface area contributed by atoms with Crippen LogP contribution in [0.5, 0.6) is 0 Å². The minimum atomic E-state index is 0.268. The third kappa shape index (κ3) is 2.94. The number of aliphatic hydroxyl groups excluding tert-OH is 1. The third-order valence-electron chi connectivity index (χ3n) is 4.33. The molecule has 2 aliphatic rings. The maximum atomic E-state index is 9.04. The summed E-state index contributed by atoms with van der Waals surface area (Å²) < 4.78 is 0. The Hall–Kier alpha value is -0.0800. The molecule has 0 radical (unpaired) electrons. The zero-order valence-electron chi connectivity index (χ0n) is 9.91. The lowest BCUT2D eigenvalue weighted by Gasteiger charge is -2.40. The molecule has 0 bridgehead atoms. The van der Waals surface area contributed by atoms with Crippen LogP contribution >= 0.6 is 0 Å². The minimum absolute atomic E-state index is 0.268. The van der Waals surface area contributed by atoms with E-state index in [1.807, 2.05) is 0 Å². The number of fused-ring (bicyclic) bond motifs is 1. The van der Waals surface area contributed by atoms with Gasteiger partial charge in [0.25, 0.3) is 0 Å². The zero-order valence-corrected chi connectivity index (χ0v) is 9.91. The summed E-state index contributed by atoms with van der Waals surface area (Å²) in [6.07, 6.45) is 9.94. The van der Waals surface area contributed by atoms with Crippen molar-refractivity contribution >= 4 is 0 Å². The van der Waals surface area contributed by atoms with Crippen molar-refractivity contribution in [3.63, 3.8) is 0 Å². The van der Waals surface area contributed by atoms with E-state index in [2.05, 4.69) is 12.2 Å². The summed E-state index contributed by atoms with van der Waals surface area (Å²) in [5, 5.41) is 12.6. The fourth-order valence-electron chi connectivity index (χ4n) is 3.48. The van der Waals surface area contributed by atoms with Gasteiger partial charge in [0, 0.05) is 12.1 Å². The fourth-order valence-corrected chi connectivity index (χ4v) is 3.48. The van der Waals surface area contributed by atoms with Crippen molar-refractivity contribution in [2.45, 2.75) is 64.0 Å². The molecule has 0 heterocycles. The van der Waals surface area contributed by atoms with E-state index in [1.54, 1.807) is 0 Å². The Kier molecular flexibility index (Phi) is 4.04. The zero-order chi connectivity index (χ0) is 10.7. The topological polar surface area (TPSA) is 32.3 Å². The third-order valence-corrected chi connectivity index (χ3v) is 4.33. The van der Waals surface area contributed by atoms with Gasteiger partial charge >= 0.3 is 0 Å². The molecule has 0 aromatic carbocycles. The molecule has 0 aromatic heterocycles. The van der Waals surface area contributed by atoms with Gasteiger partial charge in [0.15, 0.2) is 0 Å². The van der Waals surface area contributed by atoms with Crippen LogP contribution in [0.1, 0.15) is 51.9 Å². The molecule has 2 saturated carbocycles. The van der Waals surface area contributed by atoms with Crippen molar-refractivity contribution in [1.82, 2.24) is 5.32 Å². The molecule has 0 aromatic rings. The van der Waals surface area contributed by atoms with Crippen LogP contribution < -0.4 is 5.32 Å². The monoisotopic (exact) mass is 211 g/mol. The van der Waals surface area contributed by atoms with E-state index in [0.717, 1.165) is 11.8 Å². The predicted molar refractivity (Wildman–Crippen MR) is 62.8 cm³/mol. The van der Waals surface area contributed by atoms with Crippen LogP contribution in [0.4, 0.5) is 0 Å². The Morgan fingerprint density at radius 2 is 1.87 bits per heavy atom. The maximum Gasteiger partial charge on any atom is 0.0582 e. The molecular weight excluding hydrogens is 186 g/mol.